The molecule has 0 bridgehead atoms. The molecule has 38 heavy (non-hydrogen) atoms. The number of benzene rings is 2. The number of carbonyl (C=O) groups is 1. The quantitative estimate of drug-likeness (QED) is 0.273. The molecule has 1 aromatic heterocycles. The third kappa shape index (κ3) is 5.26. The van der Waals surface area contributed by atoms with Gasteiger partial charge in [-0.25, -0.2) is 4.68 Å². The number of amides is 1. The van der Waals surface area contributed by atoms with Crippen LogP contribution in [-0.2, 0) is 0 Å². The molecular weight excluding hydrogens is 524 g/mol. The molecule has 1 atom stereocenters. The van der Waals surface area contributed by atoms with Gasteiger partial charge in [0, 0.05) is 17.6 Å². The van der Waals surface area contributed by atoms with E-state index >= 15 is 0 Å². The van der Waals surface area contributed by atoms with E-state index in [1.54, 1.807) is 37.3 Å². The zero-order valence-electron chi connectivity index (χ0n) is 20.4. The van der Waals surface area contributed by atoms with Gasteiger partial charge in [-0.15, -0.1) is 0 Å². The van der Waals surface area contributed by atoms with E-state index in [2.05, 4.69) is 21.9 Å². The topological polar surface area (TPSA) is 70.4 Å². The lowest BCUT2D eigenvalue weighted by Crippen LogP contribution is -2.58. The van der Waals surface area contributed by atoms with Gasteiger partial charge in [0.15, 0.2) is 11.4 Å². The number of allylic oxidation sites excluding steroid dienone is 4. The van der Waals surface area contributed by atoms with E-state index in [1.165, 1.54) is 36.0 Å². The maximum absolute atomic E-state index is 14.2. The number of carbonyl (C=O) groups excluding carboxylic acids is 1. The third-order valence-electron chi connectivity index (χ3n) is 6.20. The van der Waals surface area contributed by atoms with Crippen LogP contribution >= 0.6 is 11.6 Å². The Hall–Kier alpha value is -3.81. The van der Waals surface area contributed by atoms with Crippen molar-refractivity contribution in [3.63, 3.8) is 0 Å². The maximum atomic E-state index is 14.2. The van der Waals surface area contributed by atoms with E-state index in [0.29, 0.717) is 22.2 Å². The highest BCUT2D eigenvalue weighted by Gasteiger charge is 2.55. The number of aryl methyl sites for hydroxylation is 1. The van der Waals surface area contributed by atoms with Crippen LogP contribution in [0.15, 0.2) is 72.0 Å². The van der Waals surface area contributed by atoms with E-state index in [-0.39, 0.29) is 22.8 Å². The molecule has 1 aliphatic carbocycles. The minimum atomic E-state index is -5.07. The highest BCUT2D eigenvalue weighted by Crippen LogP contribution is 2.34. The summed E-state index contributed by atoms with van der Waals surface area (Å²) in [4.78, 5) is 14.1. The summed E-state index contributed by atoms with van der Waals surface area (Å²) in [5, 5.41) is 18.3. The molecule has 1 amide bonds. The lowest BCUT2D eigenvalue weighted by atomic mass is 10.0. The van der Waals surface area contributed by atoms with Gasteiger partial charge in [0.2, 0.25) is 0 Å². The van der Waals surface area contributed by atoms with Crippen molar-refractivity contribution < 1.29 is 27.5 Å². The van der Waals surface area contributed by atoms with Gasteiger partial charge in [-0.05, 0) is 61.2 Å². The highest BCUT2D eigenvalue weighted by molar-refractivity contribution is 6.34. The average Bonchev–Trinajstić information content (AvgIpc) is 3.30. The zero-order chi connectivity index (χ0) is 27.7. The van der Waals surface area contributed by atoms with E-state index in [9.17, 15) is 27.5 Å². The first-order valence-electron chi connectivity index (χ1n) is 11.6. The van der Waals surface area contributed by atoms with Crippen LogP contribution in [0.5, 0.6) is 0 Å². The van der Waals surface area contributed by atoms with Gasteiger partial charge in [0.25, 0.3) is 5.91 Å². The number of halogens is 5. The maximum Gasteiger partial charge on any atom is 0.420 e. The fourth-order valence-corrected chi connectivity index (χ4v) is 4.37. The molecule has 6 nitrogen and oxygen atoms in total. The summed E-state index contributed by atoms with van der Waals surface area (Å²) in [6.45, 7) is 1.11. The highest BCUT2D eigenvalue weighted by atomic mass is 35.5. The Bertz CT molecular complexity index is 1510. The van der Waals surface area contributed by atoms with Crippen LogP contribution in [0.4, 0.5) is 23.2 Å². The first kappa shape index (κ1) is 27.2. The smallest absolute Gasteiger partial charge is 0.381 e. The van der Waals surface area contributed by atoms with E-state index < -0.39 is 36.6 Å². The molecule has 0 saturated carbocycles. The van der Waals surface area contributed by atoms with Crippen LogP contribution in [0.3, 0.4) is 0 Å². The van der Waals surface area contributed by atoms with E-state index in [4.69, 9.17) is 11.6 Å². The number of fused-ring (bicyclic) bond motifs is 1. The number of nitrogens with zero attached hydrogens (tertiary/aromatic N) is 3. The Kier molecular flexibility index (Phi) is 7.54. The number of hydrogen-bond donors (Lipinski definition) is 2. The Morgan fingerprint density at radius 3 is 2.55 bits per heavy atom. The summed E-state index contributed by atoms with van der Waals surface area (Å²) in [6.07, 6.45) is -1.00. The molecule has 0 saturated heterocycles. The molecule has 198 valence electrons. The lowest BCUT2D eigenvalue weighted by molar-refractivity contribution is -0.257. The Labute approximate surface area is 220 Å². The second kappa shape index (κ2) is 10.5. The van der Waals surface area contributed by atoms with Crippen molar-refractivity contribution in [2.45, 2.75) is 25.6 Å². The fraction of sp³-hybridized carbons (Fsp3) is 0.259. The number of aromatic nitrogens is 2. The molecule has 11 heteroatoms. The molecule has 3 aromatic rings. The number of anilines is 1. The number of likely N-dealkylation sites (N-methyl/N-ethyl adjacent to an activating group) is 1. The van der Waals surface area contributed by atoms with Crippen LogP contribution in [0.25, 0.3) is 16.6 Å². The summed E-state index contributed by atoms with van der Waals surface area (Å²) >= 11 is 6.16. The van der Waals surface area contributed by atoms with E-state index in [1.807, 2.05) is 0 Å². The minimum Gasteiger partial charge on any atom is -0.381 e. The van der Waals surface area contributed by atoms with Gasteiger partial charge in [0.05, 0.1) is 35.4 Å². The van der Waals surface area contributed by atoms with Crippen LogP contribution in [0.1, 0.15) is 22.8 Å². The zero-order valence-corrected chi connectivity index (χ0v) is 21.2. The standard InChI is InChI=1S/C27H23ClF4N4O2/c1-3-35(25(37)24-17(2)6-4-7-21(24)28)16-26(38,27(30,31)32)15-33-22-8-5-9-23-20(22)14-34-36(23)19-12-10-18(29)11-13-19/h4-10,12,14,33,38H,3,15-16H2,1-2H3. The Morgan fingerprint density at radius 1 is 1.18 bits per heavy atom. The predicted molar refractivity (Wildman–Crippen MR) is 137 cm³/mol. The number of aliphatic hydroxyl groups is 1. The number of nitrogens with one attached hydrogen (secondary N) is 1. The molecular formula is C27H23ClF4N4O2. The normalized spacial score (nSPS) is 14.7. The fourth-order valence-electron chi connectivity index (χ4n) is 4.07. The van der Waals surface area contributed by atoms with Crippen molar-refractivity contribution in [1.29, 1.82) is 0 Å². The van der Waals surface area contributed by atoms with Crippen LogP contribution in [0.2, 0.25) is 5.02 Å². The molecule has 0 aliphatic heterocycles. The van der Waals surface area contributed by atoms with Crippen molar-refractivity contribution in [2.75, 3.05) is 25.0 Å². The molecule has 1 aliphatic rings. The summed E-state index contributed by atoms with van der Waals surface area (Å²) in [5.41, 5.74) is 3.43. The number of rotatable bonds is 8. The van der Waals surface area contributed by atoms with Gasteiger partial charge in [-0.1, -0.05) is 29.8 Å². The molecule has 2 aromatic carbocycles. The van der Waals surface area contributed by atoms with Gasteiger partial charge >= 0.3 is 6.18 Å². The minimum absolute atomic E-state index is 0.0838. The summed E-state index contributed by atoms with van der Waals surface area (Å²) in [6, 6.07) is 9.58. The van der Waals surface area contributed by atoms with Crippen LogP contribution in [-0.4, -0.2) is 57.1 Å². The summed E-state index contributed by atoms with van der Waals surface area (Å²) in [7, 11) is 0. The van der Waals surface area contributed by atoms with Crippen molar-refractivity contribution in [1.82, 2.24) is 14.7 Å². The van der Waals surface area contributed by atoms with Crippen LogP contribution in [0, 0.1) is 6.92 Å². The number of hydrogen-bond acceptors (Lipinski definition) is 4. The van der Waals surface area contributed by atoms with Gasteiger partial charge in [-0.3, -0.25) is 4.79 Å². The first-order chi connectivity index (χ1) is 17.9. The van der Waals surface area contributed by atoms with Gasteiger partial charge in [-0.2, -0.15) is 22.7 Å². The summed E-state index contributed by atoms with van der Waals surface area (Å²) < 4.78 is 57.3. The molecule has 1 heterocycles. The van der Waals surface area contributed by atoms with Crippen molar-refractivity contribution >= 4 is 39.8 Å². The van der Waals surface area contributed by atoms with E-state index in [0.717, 1.165) is 4.90 Å². The molecule has 4 rings (SSSR count). The molecule has 1 unspecified atom stereocenters. The van der Waals surface area contributed by atoms with Crippen LogP contribution < -0.4 is 5.32 Å². The Balaban J connectivity index is 1.62. The molecule has 0 radical (unpaired) electrons. The van der Waals surface area contributed by atoms with Crippen molar-refractivity contribution in [2.24, 2.45) is 0 Å². The Morgan fingerprint density at radius 2 is 1.92 bits per heavy atom. The monoisotopic (exact) mass is 546 g/mol. The first-order valence-corrected chi connectivity index (χ1v) is 12.0. The SMILES string of the molecule is CCN(CC(O)(CNc1cccc2c1cnn2C1=C=C=C(F)C=C1)C(F)(F)F)C(=O)c1c(C)cccc1Cl. The van der Waals surface area contributed by atoms with Crippen molar-refractivity contribution in [3.05, 3.63) is 88.2 Å². The predicted octanol–water partition coefficient (Wildman–Crippen LogP) is 5.88. The van der Waals surface area contributed by atoms with Crippen molar-refractivity contribution in [3.8, 4) is 0 Å². The number of alkyl halides is 3. The molecule has 0 fully saturated rings. The average molecular weight is 547 g/mol. The largest absolute Gasteiger partial charge is 0.420 e. The third-order valence-corrected chi connectivity index (χ3v) is 6.51. The molecule has 0 spiro atoms. The van der Waals surface area contributed by atoms with Gasteiger partial charge in [0.1, 0.15) is 5.70 Å². The second-order valence-corrected chi connectivity index (χ2v) is 9.15. The lowest BCUT2D eigenvalue weighted by Gasteiger charge is -2.36. The van der Waals surface area contributed by atoms with Gasteiger partial charge < -0.3 is 15.3 Å². The molecule has 2 N–H and O–H groups in total. The summed E-state index contributed by atoms with van der Waals surface area (Å²) in [5.74, 6) is -1.31. The second-order valence-electron chi connectivity index (χ2n) is 8.75.